The first-order chi connectivity index (χ1) is 29.3. The van der Waals surface area contributed by atoms with Crippen LogP contribution >= 0.6 is 0 Å². The molecule has 4 atom stereocenters. The largest absolute Gasteiger partial charge is 0.456 e. The minimum absolute atomic E-state index is 0.0379. The summed E-state index contributed by atoms with van der Waals surface area (Å²) in [7, 11) is 2.39. The zero-order valence-electron chi connectivity index (χ0n) is 35.4. The lowest BCUT2D eigenvalue weighted by atomic mass is 9.82. The van der Waals surface area contributed by atoms with Gasteiger partial charge in [0.15, 0.2) is 19.0 Å². The summed E-state index contributed by atoms with van der Waals surface area (Å²) >= 11 is 0. The van der Waals surface area contributed by atoms with Crippen molar-refractivity contribution in [2.24, 2.45) is 5.41 Å². The van der Waals surface area contributed by atoms with Crippen LogP contribution in [0.4, 0.5) is 9.59 Å². The number of amides is 4. The number of hydrogen-bond acceptors (Lipinski definition) is 12. The van der Waals surface area contributed by atoms with Crippen LogP contribution in [0.1, 0.15) is 110 Å². The highest BCUT2D eigenvalue weighted by Crippen LogP contribution is 2.51. The van der Waals surface area contributed by atoms with Crippen LogP contribution in [-0.4, -0.2) is 122 Å². The summed E-state index contributed by atoms with van der Waals surface area (Å²) in [6.45, 7) is 2.68. The number of piperidine rings is 2. The second-order valence-electron chi connectivity index (χ2n) is 16.6. The molecule has 16 nitrogen and oxygen atoms in total. The number of carbonyl (C=O) groups excluding carboxylic acids is 8. The van der Waals surface area contributed by atoms with E-state index in [0.717, 1.165) is 60.8 Å². The summed E-state index contributed by atoms with van der Waals surface area (Å²) in [6.07, 6.45) is 7.85. The zero-order chi connectivity index (χ0) is 43.8. The fourth-order valence-corrected chi connectivity index (χ4v) is 9.36. The van der Waals surface area contributed by atoms with E-state index in [0.29, 0.717) is 62.7 Å². The Kier molecular flexibility index (Phi) is 14.5. The Morgan fingerprint density at radius 1 is 0.639 bits per heavy atom. The first-order valence-corrected chi connectivity index (χ1v) is 21.2. The maximum absolute atomic E-state index is 13.9. The first-order valence-electron chi connectivity index (χ1n) is 21.2. The van der Waals surface area contributed by atoms with Crippen molar-refractivity contribution in [3.05, 3.63) is 58.7 Å². The number of fused-ring (bicyclic) bond motifs is 1. The maximum Gasteiger partial charge on any atom is 0.407 e. The van der Waals surface area contributed by atoms with Crippen LogP contribution in [0, 0.1) is 5.41 Å². The number of carbonyl (C=O) groups is 8. The van der Waals surface area contributed by atoms with Gasteiger partial charge in [-0.25, -0.2) is 19.2 Å². The van der Waals surface area contributed by atoms with E-state index in [2.05, 4.69) is 20.1 Å². The number of methoxy groups -OCH3 is 2. The zero-order valence-corrected chi connectivity index (χ0v) is 35.4. The van der Waals surface area contributed by atoms with Crippen LogP contribution in [0.15, 0.2) is 36.4 Å². The molecule has 2 heterocycles. The molecule has 0 bridgehead atoms. The number of ether oxygens (including phenoxy) is 4. The third-order valence-corrected chi connectivity index (χ3v) is 12.6. The van der Waals surface area contributed by atoms with Crippen molar-refractivity contribution in [2.75, 3.05) is 40.5 Å². The summed E-state index contributed by atoms with van der Waals surface area (Å²) in [5.74, 6) is -2.97. The van der Waals surface area contributed by atoms with Crippen LogP contribution in [0.5, 0.6) is 0 Å². The van der Waals surface area contributed by atoms with E-state index in [-0.39, 0.29) is 11.2 Å². The number of Topliss-reactive ketones (excluding diaryl/α,β-unsaturated/α-hetero) is 2. The minimum atomic E-state index is -0.917. The number of alkyl carbamates (subject to hydrolysis) is 2. The average Bonchev–Trinajstić information content (AvgIpc) is 3.91. The highest BCUT2D eigenvalue weighted by molar-refractivity contribution is 6.02. The predicted molar refractivity (Wildman–Crippen MR) is 219 cm³/mol. The van der Waals surface area contributed by atoms with E-state index >= 15 is 0 Å². The van der Waals surface area contributed by atoms with Crippen molar-refractivity contribution in [1.82, 2.24) is 20.4 Å². The van der Waals surface area contributed by atoms with Crippen LogP contribution in [0.3, 0.4) is 0 Å². The molecular weight excluding hydrogens is 789 g/mol. The Labute approximate surface area is 355 Å². The van der Waals surface area contributed by atoms with Gasteiger partial charge in [-0.1, -0.05) is 49.2 Å². The van der Waals surface area contributed by atoms with E-state index in [4.69, 9.17) is 9.47 Å². The molecule has 2 aromatic rings. The van der Waals surface area contributed by atoms with Crippen LogP contribution in [-0.2, 0) is 51.0 Å². The van der Waals surface area contributed by atoms with E-state index in [1.54, 1.807) is 18.2 Å². The van der Waals surface area contributed by atoms with Gasteiger partial charge in [0, 0.05) is 24.2 Å². The number of likely N-dealkylation sites (tertiary alicyclic amines) is 2. The Morgan fingerprint density at radius 2 is 1.13 bits per heavy atom. The fraction of sp³-hybridized carbons (Fsp3) is 0.556. The Bertz CT molecular complexity index is 2030. The molecule has 6 rings (SSSR count). The lowest BCUT2D eigenvalue weighted by molar-refractivity contribution is -0.156. The van der Waals surface area contributed by atoms with E-state index in [1.807, 2.05) is 18.2 Å². The average molecular weight is 845 g/mol. The van der Waals surface area contributed by atoms with Crippen molar-refractivity contribution >= 4 is 47.5 Å². The minimum Gasteiger partial charge on any atom is -0.456 e. The molecule has 2 saturated heterocycles. The Balaban J connectivity index is 1.11. The molecular formula is C45H56N4O12. The lowest BCUT2D eigenvalue weighted by Crippen LogP contribution is -2.55. The van der Waals surface area contributed by atoms with Gasteiger partial charge in [0.2, 0.25) is 17.6 Å². The third-order valence-electron chi connectivity index (χ3n) is 12.6. The van der Waals surface area contributed by atoms with Gasteiger partial charge in [-0.3, -0.25) is 19.2 Å². The number of nitrogens with one attached hydrogen (secondary N) is 2. The Hall–Kier alpha value is -5.80. The van der Waals surface area contributed by atoms with E-state index in [9.17, 15) is 38.4 Å². The second-order valence-corrected chi connectivity index (χ2v) is 16.6. The van der Waals surface area contributed by atoms with Gasteiger partial charge in [0.05, 0.1) is 14.2 Å². The van der Waals surface area contributed by atoms with Gasteiger partial charge in [0.25, 0.3) is 0 Å². The molecule has 2 aromatic carbocycles. The normalized spacial score (nSPS) is 20.1. The molecule has 2 aliphatic carbocycles. The standard InChI is InChI=1S/C45H56N4O12/c1-27(46-43(56)58-3)39(52)48-21-9-5-11-35(48)41(54)60-25-37(50)30-15-13-29(14-16-30)31-17-18-32(34-24-45(23-33(31)34)19-7-8-20-45)38(51)26-61-42(55)36-12-6-10-22-49(36)40(53)28(2)47-44(57)59-4/h13-18,27-28,35-36H,5-12,19-26H2,1-4H3,(H,46,56)(H,47,57)/t27-,28-,35-,36?/m0/s1. The third kappa shape index (κ3) is 10.2. The first kappa shape index (κ1) is 44.7. The second kappa shape index (κ2) is 19.7. The van der Waals surface area contributed by atoms with Crippen molar-refractivity contribution in [3.63, 3.8) is 0 Å². The predicted octanol–water partition coefficient (Wildman–Crippen LogP) is 4.72. The molecule has 4 amide bonds. The smallest absolute Gasteiger partial charge is 0.407 e. The number of hydrogen-bond donors (Lipinski definition) is 2. The van der Waals surface area contributed by atoms with E-state index < -0.39 is 79.1 Å². The quantitative estimate of drug-likeness (QED) is 0.160. The molecule has 1 spiro atoms. The number of rotatable bonds is 13. The number of esters is 2. The number of benzene rings is 2. The summed E-state index contributed by atoms with van der Waals surface area (Å²) in [6, 6.07) is 7.12. The molecule has 4 aliphatic rings. The molecule has 3 fully saturated rings. The molecule has 0 radical (unpaired) electrons. The SMILES string of the molecule is COC(=O)N[C@@H](C)C(=O)N1CCCCC1C(=O)OCC(=O)c1ccc(-c2ccc(C(=O)COC(=O)[C@@H]3CCCCN3C(=O)[C@H](C)NC(=O)OC)cc2)c2c1CC1(CCCC1)C2. The van der Waals surface area contributed by atoms with Crippen molar-refractivity contribution < 1.29 is 57.3 Å². The van der Waals surface area contributed by atoms with Crippen molar-refractivity contribution in [2.45, 2.75) is 115 Å². The molecule has 2 N–H and O–H groups in total. The van der Waals surface area contributed by atoms with Crippen molar-refractivity contribution in [3.8, 4) is 11.1 Å². The van der Waals surface area contributed by atoms with Gasteiger partial charge >= 0.3 is 24.1 Å². The maximum atomic E-state index is 13.9. The summed E-state index contributed by atoms with van der Waals surface area (Å²) in [4.78, 5) is 106. The summed E-state index contributed by atoms with van der Waals surface area (Å²) < 4.78 is 20.2. The Morgan fingerprint density at radius 3 is 1.64 bits per heavy atom. The number of nitrogens with zero attached hydrogens (tertiary/aromatic N) is 2. The van der Waals surface area contributed by atoms with Gasteiger partial charge in [-0.2, -0.15) is 0 Å². The highest BCUT2D eigenvalue weighted by atomic mass is 16.6. The van der Waals surface area contributed by atoms with Gasteiger partial charge in [-0.05, 0) is 106 Å². The monoisotopic (exact) mass is 844 g/mol. The molecule has 16 heteroatoms. The van der Waals surface area contributed by atoms with Crippen LogP contribution in [0.25, 0.3) is 11.1 Å². The van der Waals surface area contributed by atoms with Gasteiger partial charge < -0.3 is 39.4 Å². The lowest BCUT2D eigenvalue weighted by Gasteiger charge is -2.35. The summed E-state index contributed by atoms with van der Waals surface area (Å²) in [5, 5.41) is 4.87. The molecule has 61 heavy (non-hydrogen) atoms. The van der Waals surface area contributed by atoms with Gasteiger partial charge in [0.1, 0.15) is 24.2 Å². The molecule has 1 unspecified atom stereocenters. The van der Waals surface area contributed by atoms with Crippen LogP contribution < -0.4 is 10.6 Å². The molecule has 2 aliphatic heterocycles. The molecule has 0 aromatic heterocycles. The topological polar surface area (TPSA) is 204 Å². The fourth-order valence-electron chi connectivity index (χ4n) is 9.36. The van der Waals surface area contributed by atoms with E-state index in [1.165, 1.54) is 37.9 Å². The molecule has 1 saturated carbocycles. The number of ketones is 2. The van der Waals surface area contributed by atoms with Crippen molar-refractivity contribution in [1.29, 1.82) is 0 Å². The highest BCUT2D eigenvalue weighted by Gasteiger charge is 2.43. The van der Waals surface area contributed by atoms with Gasteiger partial charge in [-0.15, -0.1) is 0 Å². The molecule has 328 valence electrons. The summed E-state index contributed by atoms with van der Waals surface area (Å²) in [5.41, 5.74) is 4.69. The van der Waals surface area contributed by atoms with Crippen LogP contribution in [0.2, 0.25) is 0 Å².